The van der Waals surface area contributed by atoms with E-state index >= 15 is 0 Å². The Bertz CT molecular complexity index is 424. The average Bonchev–Trinajstić information content (AvgIpc) is 2.57. The molecule has 1 saturated heterocycles. The minimum atomic E-state index is -0.706. The van der Waals surface area contributed by atoms with Crippen LogP contribution in [0.2, 0.25) is 0 Å². The van der Waals surface area contributed by atoms with E-state index in [2.05, 4.69) is 10.2 Å². The van der Waals surface area contributed by atoms with Gasteiger partial charge in [0.2, 0.25) is 5.43 Å². The van der Waals surface area contributed by atoms with E-state index in [0.29, 0.717) is 12.2 Å². The quantitative estimate of drug-likeness (QED) is 0.713. The van der Waals surface area contributed by atoms with E-state index in [1.807, 2.05) is 0 Å². The summed E-state index contributed by atoms with van der Waals surface area (Å²) in [5.74, 6) is -0.239. The first-order valence-corrected chi connectivity index (χ1v) is 5.35. The van der Waals surface area contributed by atoms with Gasteiger partial charge in [0.1, 0.15) is 0 Å². The highest BCUT2D eigenvalue weighted by Crippen LogP contribution is 2.35. The van der Waals surface area contributed by atoms with Gasteiger partial charge in [0.05, 0.1) is 15.5 Å². The zero-order chi connectivity index (χ0) is 10.9. The molecule has 0 unspecified atom stereocenters. The molecular formula is C11H11O3Si. The van der Waals surface area contributed by atoms with Crippen LogP contribution in [-0.2, 0) is 9.96 Å². The molecule has 1 aromatic carbocycles. The second kappa shape index (κ2) is 3.79. The van der Waals surface area contributed by atoms with Crippen LogP contribution in [0.3, 0.4) is 0 Å². The van der Waals surface area contributed by atoms with Crippen LogP contribution in [-0.4, -0.2) is 22.0 Å². The van der Waals surface area contributed by atoms with Crippen LogP contribution in [0.1, 0.15) is 18.4 Å². The largest absolute Gasteiger partial charge is 0.504 e. The van der Waals surface area contributed by atoms with Crippen LogP contribution in [0, 0.1) is 0 Å². The predicted molar refractivity (Wildman–Crippen MR) is 57.0 cm³/mol. The van der Waals surface area contributed by atoms with E-state index in [-0.39, 0.29) is 11.2 Å². The number of ether oxygens (including phenoxy) is 1. The van der Waals surface area contributed by atoms with Crippen molar-refractivity contribution in [1.29, 1.82) is 0 Å². The fourth-order valence-electron chi connectivity index (χ4n) is 1.76. The van der Waals surface area contributed by atoms with Crippen molar-refractivity contribution in [2.75, 3.05) is 6.61 Å². The summed E-state index contributed by atoms with van der Waals surface area (Å²) in [6, 6.07) is 6.37. The smallest absolute Gasteiger partial charge is 0.220 e. The van der Waals surface area contributed by atoms with Gasteiger partial charge in [-0.1, -0.05) is 18.2 Å². The highest BCUT2D eigenvalue weighted by molar-refractivity contribution is 6.15. The molecule has 1 heterocycles. The van der Waals surface area contributed by atoms with Gasteiger partial charge in [-0.15, -0.1) is 0 Å². The zero-order valence-electron chi connectivity index (χ0n) is 8.19. The van der Waals surface area contributed by atoms with Gasteiger partial charge in [-0.25, -0.2) is 0 Å². The van der Waals surface area contributed by atoms with Crippen molar-refractivity contribution in [1.82, 2.24) is 0 Å². The van der Waals surface area contributed by atoms with E-state index in [9.17, 15) is 9.90 Å². The summed E-state index contributed by atoms with van der Waals surface area (Å²) in [5.41, 5.74) is 0.120. The molecule has 0 aliphatic carbocycles. The molecule has 2 rings (SSSR count). The molecule has 0 saturated carbocycles. The van der Waals surface area contributed by atoms with Gasteiger partial charge in [0, 0.05) is 12.2 Å². The molecule has 3 nitrogen and oxygen atoms in total. The molecule has 1 atom stereocenters. The van der Waals surface area contributed by atoms with Gasteiger partial charge in [-0.2, -0.15) is 0 Å². The molecule has 0 amide bonds. The lowest BCUT2D eigenvalue weighted by atomic mass is 10.1. The van der Waals surface area contributed by atoms with Crippen molar-refractivity contribution in [3.05, 3.63) is 40.1 Å². The van der Waals surface area contributed by atoms with Gasteiger partial charge in [0.25, 0.3) is 0 Å². The Morgan fingerprint density at radius 3 is 2.80 bits per heavy atom. The van der Waals surface area contributed by atoms with Crippen molar-refractivity contribution in [3.63, 3.8) is 0 Å². The number of rotatable bonds is 1. The second-order valence-electron chi connectivity index (χ2n) is 3.62. The molecule has 1 N–H and O–H groups in total. The normalized spacial score (nSPS) is 25.4. The third-order valence-corrected chi connectivity index (χ3v) is 3.23. The van der Waals surface area contributed by atoms with Gasteiger partial charge in [-0.05, 0) is 18.9 Å². The maximum Gasteiger partial charge on any atom is 0.220 e. The van der Waals surface area contributed by atoms with Crippen molar-refractivity contribution in [3.8, 4) is 5.75 Å². The van der Waals surface area contributed by atoms with Gasteiger partial charge in [0.15, 0.2) is 5.75 Å². The Kier molecular flexibility index (Phi) is 2.62. The van der Waals surface area contributed by atoms with Crippen molar-refractivity contribution < 1.29 is 9.84 Å². The topological polar surface area (TPSA) is 46.5 Å². The fraction of sp³-hybridized carbons (Fsp3) is 0.364. The molecular weight excluding hydrogens is 208 g/mol. The minimum absolute atomic E-state index is 0.239. The molecule has 15 heavy (non-hydrogen) atoms. The number of hydrogen-bond acceptors (Lipinski definition) is 3. The molecule has 0 aromatic heterocycles. The number of aromatic hydroxyl groups is 1. The summed E-state index contributed by atoms with van der Waals surface area (Å²) in [7, 11) is 3.50. The first-order chi connectivity index (χ1) is 7.13. The van der Waals surface area contributed by atoms with Gasteiger partial charge in [-0.3, -0.25) is 4.79 Å². The molecule has 1 aliphatic heterocycles. The molecule has 0 spiro atoms. The standard InChI is InChI=1S/C11H11O3Si/c12-9-5-2-1-4-8(10(9)13)11(15)6-3-7-14-11/h1-2,4-5H,3,6-7H2,(H,12,13)/t11-/m1/s1. The summed E-state index contributed by atoms with van der Waals surface area (Å²) < 4.78 is 5.52. The van der Waals surface area contributed by atoms with Crippen molar-refractivity contribution in [2.24, 2.45) is 0 Å². The SMILES string of the molecule is O=c1ccccc([C@]2([Si])CCCO2)c1O. The van der Waals surface area contributed by atoms with E-state index < -0.39 is 5.22 Å². The Labute approximate surface area is 91.1 Å². The van der Waals surface area contributed by atoms with Gasteiger partial charge < -0.3 is 9.84 Å². The maximum atomic E-state index is 11.4. The Morgan fingerprint density at radius 2 is 2.13 bits per heavy atom. The molecule has 1 aliphatic rings. The maximum absolute atomic E-state index is 11.4. The van der Waals surface area contributed by atoms with Crippen LogP contribution in [0.5, 0.6) is 5.75 Å². The van der Waals surface area contributed by atoms with Crippen LogP contribution >= 0.6 is 0 Å². The van der Waals surface area contributed by atoms with Crippen LogP contribution < -0.4 is 5.43 Å². The van der Waals surface area contributed by atoms with Crippen molar-refractivity contribution >= 4 is 10.2 Å². The van der Waals surface area contributed by atoms with E-state index in [1.165, 1.54) is 6.07 Å². The molecule has 3 radical (unpaired) electrons. The summed E-state index contributed by atoms with van der Waals surface area (Å²) in [6.07, 6.45) is 1.66. The van der Waals surface area contributed by atoms with E-state index in [1.54, 1.807) is 18.2 Å². The molecule has 1 fully saturated rings. The lowest BCUT2D eigenvalue weighted by Crippen LogP contribution is -2.25. The van der Waals surface area contributed by atoms with Crippen LogP contribution in [0.15, 0.2) is 29.1 Å². The second-order valence-corrected chi connectivity index (χ2v) is 4.43. The highest BCUT2D eigenvalue weighted by atomic mass is 28.1. The van der Waals surface area contributed by atoms with Crippen LogP contribution in [0.25, 0.3) is 0 Å². The summed E-state index contributed by atoms with van der Waals surface area (Å²) in [4.78, 5) is 11.4. The van der Waals surface area contributed by atoms with Crippen molar-refractivity contribution in [2.45, 2.75) is 18.1 Å². The minimum Gasteiger partial charge on any atom is -0.504 e. The predicted octanol–water partition coefficient (Wildman–Crippen LogP) is 0.884. The zero-order valence-corrected chi connectivity index (χ0v) is 9.19. The first-order valence-electron chi connectivity index (χ1n) is 4.85. The third kappa shape index (κ3) is 1.82. The molecule has 4 heteroatoms. The Balaban J connectivity index is 2.58. The number of hydrogen-bond donors (Lipinski definition) is 1. The van der Waals surface area contributed by atoms with E-state index in [4.69, 9.17) is 4.74 Å². The lowest BCUT2D eigenvalue weighted by molar-refractivity contribution is 0.0708. The Morgan fingerprint density at radius 1 is 1.40 bits per heavy atom. The fourth-order valence-corrected chi connectivity index (χ4v) is 2.24. The highest BCUT2D eigenvalue weighted by Gasteiger charge is 2.34. The summed E-state index contributed by atoms with van der Waals surface area (Å²) >= 11 is 0. The monoisotopic (exact) mass is 219 g/mol. The summed E-state index contributed by atoms with van der Waals surface area (Å²) in [5, 5.41) is 9.05. The van der Waals surface area contributed by atoms with Crippen LogP contribution in [0.4, 0.5) is 0 Å². The summed E-state index contributed by atoms with van der Waals surface area (Å²) in [6.45, 7) is 0.635. The third-order valence-electron chi connectivity index (χ3n) is 2.57. The average molecular weight is 219 g/mol. The molecule has 77 valence electrons. The van der Waals surface area contributed by atoms with E-state index in [0.717, 1.165) is 12.8 Å². The Hall–Kier alpha value is -1.13. The first kappa shape index (κ1) is 10.4. The molecule has 1 aromatic rings. The lowest BCUT2D eigenvalue weighted by Gasteiger charge is -2.23. The van der Waals surface area contributed by atoms with Gasteiger partial charge >= 0.3 is 0 Å². The molecule has 0 bridgehead atoms.